The third-order valence-electron chi connectivity index (χ3n) is 5.38. The molecule has 10 nitrogen and oxygen atoms in total. The highest BCUT2D eigenvalue weighted by molar-refractivity contribution is 5.86. The number of anilines is 1. The second kappa shape index (κ2) is 10.7. The van der Waals surface area contributed by atoms with Gasteiger partial charge in [0, 0.05) is 25.7 Å². The molecule has 1 aromatic carbocycles. The zero-order valence-electron chi connectivity index (χ0n) is 20.9. The molecule has 13 heteroatoms. The van der Waals surface area contributed by atoms with E-state index >= 15 is 0 Å². The number of nitrogens with two attached hydrogens (primary N) is 1. The number of hydrogen-bond donors (Lipinski definition) is 3. The molecule has 3 aromatic heterocycles. The first kappa shape index (κ1) is 26.9. The van der Waals surface area contributed by atoms with Gasteiger partial charge in [0.25, 0.3) is 0 Å². The first-order valence-electron chi connectivity index (χ1n) is 11.7. The number of pyridine rings is 1. The monoisotopic (exact) mass is 529 g/mol. The molecule has 0 spiro atoms. The molecule has 0 radical (unpaired) electrons. The van der Waals surface area contributed by atoms with Crippen LogP contribution in [0.1, 0.15) is 37.6 Å². The lowest BCUT2D eigenvalue weighted by atomic mass is 10.1. The molecular weight excluding hydrogens is 503 g/mol. The molecule has 0 saturated carbocycles. The molecule has 0 atom stereocenters. The van der Waals surface area contributed by atoms with Crippen LogP contribution in [-0.2, 0) is 19.3 Å². The van der Waals surface area contributed by atoms with Gasteiger partial charge in [-0.1, -0.05) is 18.1 Å². The summed E-state index contributed by atoms with van der Waals surface area (Å²) in [6.45, 7) is 6.54. The predicted molar refractivity (Wildman–Crippen MR) is 133 cm³/mol. The van der Waals surface area contributed by atoms with Gasteiger partial charge in [-0.25, -0.2) is 14.6 Å². The highest BCUT2D eigenvalue weighted by Crippen LogP contribution is 2.30. The Morgan fingerprint density at radius 3 is 2.50 bits per heavy atom. The summed E-state index contributed by atoms with van der Waals surface area (Å²) in [5.74, 6) is 6.41. The summed E-state index contributed by atoms with van der Waals surface area (Å²) in [5.41, 5.74) is 6.34. The van der Waals surface area contributed by atoms with E-state index in [0.717, 1.165) is 12.1 Å². The van der Waals surface area contributed by atoms with Crippen molar-refractivity contribution >= 4 is 16.9 Å². The Morgan fingerprint density at radius 1 is 1.16 bits per heavy atom. The van der Waals surface area contributed by atoms with Gasteiger partial charge in [0.15, 0.2) is 17.3 Å². The molecule has 0 amide bonds. The van der Waals surface area contributed by atoms with Crippen molar-refractivity contribution in [3.63, 3.8) is 0 Å². The Hall–Kier alpha value is -4.15. The van der Waals surface area contributed by atoms with Crippen molar-refractivity contribution in [1.29, 1.82) is 0 Å². The van der Waals surface area contributed by atoms with Gasteiger partial charge in [-0.15, -0.1) is 0 Å². The number of aliphatic hydroxyl groups is 1. The van der Waals surface area contributed by atoms with E-state index in [9.17, 15) is 18.3 Å². The fourth-order valence-electron chi connectivity index (χ4n) is 3.60. The number of fused-ring (bicyclic) bond motifs is 1. The van der Waals surface area contributed by atoms with Crippen LogP contribution in [0.25, 0.3) is 22.6 Å². The molecule has 0 aliphatic carbocycles. The maximum absolute atomic E-state index is 12.7. The largest absolute Gasteiger partial charge is 0.476 e. The second-order valence-electron chi connectivity index (χ2n) is 8.88. The van der Waals surface area contributed by atoms with Crippen molar-refractivity contribution in [2.75, 3.05) is 18.9 Å². The molecule has 0 aliphatic heterocycles. The number of nitrogen functional groups attached to an aromatic ring is 1. The SMILES string of the molecule is CCn1c(-c2nonc2N)nc2c(C#CC(C)(C)O)nc(OCCNCc3ccc(C(F)(F)F)cc3)cc21. The second-order valence-corrected chi connectivity index (χ2v) is 8.88. The van der Waals surface area contributed by atoms with E-state index in [2.05, 4.69) is 37.4 Å². The number of alkyl halides is 3. The molecule has 200 valence electrons. The van der Waals surface area contributed by atoms with E-state index in [1.165, 1.54) is 12.1 Å². The van der Waals surface area contributed by atoms with Crippen LogP contribution in [0.2, 0.25) is 0 Å². The van der Waals surface area contributed by atoms with E-state index in [4.69, 9.17) is 15.1 Å². The average Bonchev–Trinajstić information content (AvgIpc) is 3.44. The van der Waals surface area contributed by atoms with Crippen LogP contribution in [0.4, 0.5) is 19.0 Å². The van der Waals surface area contributed by atoms with Crippen LogP contribution in [0.15, 0.2) is 35.0 Å². The first-order valence-corrected chi connectivity index (χ1v) is 11.7. The van der Waals surface area contributed by atoms with Crippen molar-refractivity contribution in [2.24, 2.45) is 0 Å². The number of imidazole rings is 1. The van der Waals surface area contributed by atoms with Crippen molar-refractivity contribution < 1.29 is 27.6 Å². The number of ether oxygens (including phenoxy) is 1. The Kier molecular flexibility index (Phi) is 7.56. The van der Waals surface area contributed by atoms with Crippen LogP contribution in [0, 0.1) is 11.8 Å². The summed E-state index contributed by atoms with van der Waals surface area (Å²) < 4.78 is 50.6. The predicted octanol–water partition coefficient (Wildman–Crippen LogP) is 3.39. The van der Waals surface area contributed by atoms with Gasteiger partial charge >= 0.3 is 6.18 Å². The summed E-state index contributed by atoms with van der Waals surface area (Å²) >= 11 is 0. The Balaban J connectivity index is 1.53. The standard InChI is InChI=1S/C25H26F3N7O3/c1-4-35-18-13-19(37-12-11-30-14-15-5-7-16(8-6-15)25(26,27)28)31-17(9-10-24(2,3)36)20(18)32-23(35)21-22(29)34-38-33-21/h5-8,13,30,36H,4,11-12,14H2,1-3H3,(H2,29,34). The molecule has 0 fully saturated rings. The van der Waals surface area contributed by atoms with Crippen LogP contribution < -0.4 is 15.8 Å². The zero-order valence-corrected chi connectivity index (χ0v) is 20.9. The Bertz CT molecular complexity index is 1480. The minimum atomic E-state index is -4.36. The Morgan fingerprint density at radius 2 is 1.89 bits per heavy atom. The number of hydrogen-bond acceptors (Lipinski definition) is 9. The van der Waals surface area contributed by atoms with Gasteiger partial charge in [-0.2, -0.15) is 13.2 Å². The van der Waals surface area contributed by atoms with Crippen LogP contribution in [-0.4, -0.2) is 48.7 Å². The lowest BCUT2D eigenvalue weighted by Gasteiger charge is -2.10. The maximum atomic E-state index is 12.7. The van der Waals surface area contributed by atoms with Gasteiger partial charge in [0.2, 0.25) is 5.88 Å². The van der Waals surface area contributed by atoms with Gasteiger partial charge in [-0.3, -0.25) is 0 Å². The summed E-state index contributed by atoms with van der Waals surface area (Å²) in [7, 11) is 0. The van der Waals surface area contributed by atoms with Gasteiger partial charge in [0.1, 0.15) is 23.4 Å². The van der Waals surface area contributed by atoms with Crippen molar-refractivity contribution in [3.05, 3.63) is 47.2 Å². The maximum Gasteiger partial charge on any atom is 0.416 e. The zero-order chi connectivity index (χ0) is 27.5. The van der Waals surface area contributed by atoms with Crippen molar-refractivity contribution in [1.82, 2.24) is 30.2 Å². The number of nitrogens with one attached hydrogen (secondary N) is 1. The summed E-state index contributed by atoms with van der Waals surface area (Å²) in [6, 6.07) is 6.68. The summed E-state index contributed by atoms with van der Waals surface area (Å²) in [4.78, 5) is 9.11. The molecule has 4 rings (SSSR count). The topological polar surface area (TPSA) is 137 Å². The summed E-state index contributed by atoms with van der Waals surface area (Å²) in [6.07, 6.45) is -4.36. The fourth-order valence-corrected chi connectivity index (χ4v) is 3.60. The molecule has 38 heavy (non-hydrogen) atoms. The summed E-state index contributed by atoms with van der Waals surface area (Å²) in [5, 5.41) is 20.7. The van der Waals surface area contributed by atoms with Crippen molar-refractivity contribution in [2.45, 2.75) is 45.6 Å². The van der Waals surface area contributed by atoms with E-state index < -0.39 is 17.3 Å². The number of nitrogens with zero attached hydrogens (tertiary/aromatic N) is 5. The number of aromatic nitrogens is 5. The van der Waals surface area contributed by atoms with Crippen LogP contribution in [0.5, 0.6) is 5.88 Å². The molecule has 0 aliphatic rings. The van der Waals surface area contributed by atoms with Gasteiger partial charge in [-0.05, 0) is 54.7 Å². The minimum absolute atomic E-state index is 0.0858. The number of halogens is 3. The third kappa shape index (κ3) is 6.21. The Labute approximate surface area is 216 Å². The molecule has 0 unspecified atom stereocenters. The lowest BCUT2D eigenvalue weighted by molar-refractivity contribution is -0.137. The average molecular weight is 530 g/mol. The smallest absolute Gasteiger partial charge is 0.416 e. The van der Waals surface area contributed by atoms with Gasteiger partial charge in [0.05, 0.1) is 11.1 Å². The lowest BCUT2D eigenvalue weighted by Crippen LogP contribution is -2.21. The highest BCUT2D eigenvalue weighted by atomic mass is 19.4. The third-order valence-corrected chi connectivity index (χ3v) is 5.38. The molecule has 3 heterocycles. The first-order chi connectivity index (χ1) is 18.0. The molecular formula is C25H26F3N7O3. The molecule has 0 bridgehead atoms. The number of benzene rings is 1. The quantitative estimate of drug-likeness (QED) is 0.232. The van der Waals surface area contributed by atoms with E-state index in [1.807, 2.05) is 11.5 Å². The molecule has 0 saturated heterocycles. The van der Waals surface area contributed by atoms with E-state index in [0.29, 0.717) is 47.7 Å². The van der Waals surface area contributed by atoms with Gasteiger partial charge < -0.3 is 25.5 Å². The van der Waals surface area contributed by atoms with E-state index in [-0.39, 0.29) is 24.0 Å². The number of rotatable bonds is 8. The molecule has 4 aromatic rings. The van der Waals surface area contributed by atoms with Crippen LogP contribution in [0.3, 0.4) is 0 Å². The van der Waals surface area contributed by atoms with Crippen molar-refractivity contribution in [3.8, 4) is 29.2 Å². The fraction of sp³-hybridized carbons (Fsp3) is 0.360. The minimum Gasteiger partial charge on any atom is -0.476 e. The number of aryl methyl sites for hydroxylation is 1. The van der Waals surface area contributed by atoms with E-state index in [1.54, 1.807) is 19.9 Å². The normalized spacial score (nSPS) is 12.0. The highest BCUT2D eigenvalue weighted by Gasteiger charge is 2.29. The van der Waals surface area contributed by atoms with Crippen LogP contribution >= 0.6 is 0 Å². The molecule has 4 N–H and O–H groups in total.